The Bertz CT molecular complexity index is 1360. The van der Waals surface area contributed by atoms with Crippen LogP contribution in [0.5, 0.6) is 0 Å². The van der Waals surface area contributed by atoms with Gasteiger partial charge in [-0.15, -0.1) is 0 Å². The zero-order chi connectivity index (χ0) is 56.8. The van der Waals surface area contributed by atoms with Crippen LogP contribution in [0.25, 0.3) is 0 Å². The highest BCUT2D eigenvalue weighted by molar-refractivity contribution is 9.15. The van der Waals surface area contributed by atoms with Crippen LogP contribution in [0.2, 0.25) is 0 Å². The Kier molecular flexibility index (Phi) is 52.8. The third-order valence-electron chi connectivity index (χ3n) is 14.6. The van der Waals surface area contributed by atoms with Crippen LogP contribution in [0.4, 0.5) is 0 Å². The molecule has 0 rings (SSSR count). The maximum atomic E-state index is 14.0. The molecule has 14 atom stereocenters. The molecular weight excluding hydrogens is 1740 g/mol. The van der Waals surface area contributed by atoms with E-state index >= 15 is 0 Å². The minimum Gasteiger partial charge on any atom is -0.382 e. The Balaban J connectivity index is 5.42. The topological polar surface area (TPSA) is 112 Å². The molecule has 0 aliphatic heterocycles. The van der Waals surface area contributed by atoms with E-state index in [2.05, 4.69) is 212 Å². The zero-order valence-electron chi connectivity index (χ0n) is 45.6. The molecule has 3 N–H and O–H groups in total. The fourth-order valence-electron chi connectivity index (χ4n) is 9.36. The van der Waals surface area contributed by atoms with Gasteiger partial charge in [0.25, 0.3) is 0 Å². The number of carbonyl (C=O) groups excluding carboxylic acids is 3. The first-order chi connectivity index (χ1) is 35.6. The predicted octanol–water partition coefficient (Wildman–Crippen LogP) is 21.4. The van der Waals surface area contributed by atoms with Gasteiger partial charge in [0, 0.05) is 77.2 Å². The molecule has 0 heterocycles. The molecule has 0 aromatic carbocycles. The largest absolute Gasteiger partial charge is 0.382 e. The van der Waals surface area contributed by atoms with E-state index in [0.29, 0.717) is 40.2 Å². The maximum absolute atomic E-state index is 14.0. The molecule has 0 spiro atoms. The third-order valence-corrected chi connectivity index (χ3v) is 34.4. The van der Waals surface area contributed by atoms with E-state index in [0.717, 1.165) is 89.9 Å². The van der Waals surface area contributed by atoms with Crippen molar-refractivity contribution in [2.75, 3.05) is 0 Å². The van der Waals surface area contributed by atoms with Crippen molar-refractivity contribution < 1.29 is 29.7 Å². The van der Waals surface area contributed by atoms with E-state index in [-0.39, 0.29) is 62.7 Å². The second-order valence-corrected chi connectivity index (χ2v) is 34.6. The molecule has 0 amide bonds. The van der Waals surface area contributed by atoms with Gasteiger partial charge in [0.05, 0.1) is 0 Å². The number of ketones is 3. The number of unbranched alkanes of at least 4 members (excludes halogenated alkanes) is 21. The second kappa shape index (κ2) is 49.7. The van der Waals surface area contributed by atoms with Gasteiger partial charge in [0.1, 0.15) is 0 Å². The van der Waals surface area contributed by atoms with Gasteiger partial charge < -0.3 is 15.3 Å². The van der Waals surface area contributed by atoms with Crippen LogP contribution in [0.3, 0.4) is 0 Å². The molecular formula is C57H98Br12O6. The van der Waals surface area contributed by atoms with Gasteiger partial charge in [-0.25, -0.2) is 0 Å². The number of carbonyl (C=O) groups is 3. The number of aliphatic hydroxyl groups excluding tert-OH is 2. The fourth-order valence-corrected chi connectivity index (χ4v) is 19.5. The van der Waals surface area contributed by atoms with Crippen molar-refractivity contribution in [3.63, 3.8) is 0 Å². The van der Waals surface area contributed by atoms with Crippen molar-refractivity contribution >= 4 is 209 Å². The lowest BCUT2D eigenvalue weighted by atomic mass is 9.78. The quantitative estimate of drug-likeness (QED) is 0.0413. The standard InChI is InChI=1S/C57H98Br12O6/c1-4-7-10-13-22-31-40(58)49(64)52(67)43(61)34-25-16-19-28-37-46(70)55(73)57(75,48(72)39-30-21-18-27-36-45(63)54(69)51(66)42(60)33-24-15-12-9-6-3)56(74)47(71)38-29-20-17-26-35-44(62)53(68)50(65)41(59)32-23-14-11-8-5-2/h40-45,49-56,73-75H,4-39H2,1-3H3. The Hall–Kier alpha value is 4.65. The number of halogens is 12. The van der Waals surface area contributed by atoms with Crippen LogP contribution >= 0.6 is 191 Å². The highest BCUT2D eigenvalue weighted by Gasteiger charge is 2.53. The van der Waals surface area contributed by atoms with Crippen molar-refractivity contribution in [3.8, 4) is 0 Å². The normalized spacial score (nSPS) is 18.6. The second-order valence-electron chi connectivity index (χ2n) is 21.2. The number of alkyl halides is 12. The van der Waals surface area contributed by atoms with Crippen LogP contribution in [-0.2, 0) is 14.4 Å². The van der Waals surface area contributed by atoms with Crippen LogP contribution in [0, 0.1) is 0 Å². The molecule has 0 radical (unpaired) electrons. The molecule has 0 saturated heterocycles. The van der Waals surface area contributed by atoms with Gasteiger partial charge in [0.2, 0.25) is 0 Å². The van der Waals surface area contributed by atoms with Crippen LogP contribution < -0.4 is 0 Å². The molecule has 0 aromatic rings. The molecule has 0 bridgehead atoms. The zero-order valence-corrected chi connectivity index (χ0v) is 64.7. The smallest absolute Gasteiger partial charge is 0.189 e. The summed E-state index contributed by atoms with van der Waals surface area (Å²) in [4.78, 5) is 44.4. The average molecular weight is 1840 g/mol. The van der Waals surface area contributed by atoms with E-state index in [9.17, 15) is 29.7 Å². The van der Waals surface area contributed by atoms with Crippen LogP contribution in [-0.4, -0.2) is 108 Å². The number of rotatable bonds is 53. The highest BCUT2D eigenvalue weighted by atomic mass is 79.9. The summed E-state index contributed by atoms with van der Waals surface area (Å²) in [5, 5.41) is 34.9. The molecule has 0 aliphatic rings. The van der Waals surface area contributed by atoms with Gasteiger partial charge in [-0.1, -0.05) is 366 Å². The molecule has 0 saturated carbocycles. The Morgan fingerprint density at radius 2 is 0.493 bits per heavy atom. The number of aliphatic hydroxyl groups is 3. The average Bonchev–Trinajstić information content (AvgIpc) is 3.40. The molecule has 0 fully saturated rings. The van der Waals surface area contributed by atoms with Crippen molar-refractivity contribution in [2.24, 2.45) is 0 Å². The Labute approximate surface area is 558 Å². The summed E-state index contributed by atoms with van der Waals surface area (Å²) in [5.41, 5.74) is -2.91. The fraction of sp³-hybridized carbons (Fsp3) is 0.947. The summed E-state index contributed by atoms with van der Waals surface area (Å²) < 4.78 is 0. The van der Waals surface area contributed by atoms with Gasteiger partial charge in [-0.3, -0.25) is 14.4 Å². The molecule has 18 heteroatoms. The lowest BCUT2D eigenvalue weighted by Gasteiger charge is -2.34. The van der Waals surface area contributed by atoms with Crippen molar-refractivity contribution in [2.45, 2.75) is 328 Å². The number of Topliss-reactive ketones (excluding diaryl/α,β-unsaturated/α-hetero) is 3. The first kappa shape index (κ1) is 79.7. The van der Waals surface area contributed by atoms with E-state index in [1.807, 2.05) is 0 Å². The molecule has 75 heavy (non-hydrogen) atoms. The van der Waals surface area contributed by atoms with Crippen molar-refractivity contribution in [1.82, 2.24) is 0 Å². The summed E-state index contributed by atoms with van der Waals surface area (Å²) in [6, 6.07) is 0. The van der Waals surface area contributed by atoms with Gasteiger partial charge in [-0.05, 0) is 57.8 Å². The van der Waals surface area contributed by atoms with Crippen molar-refractivity contribution in [3.05, 3.63) is 0 Å². The minimum absolute atomic E-state index is 0.0647. The Morgan fingerprint density at radius 3 is 0.707 bits per heavy atom. The molecule has 446 valence electrons. The third kappa shape index (κ3) is 35.2. The summed E-state index contributed by atoms with van der Waals surface area (Å²) in [5.74, 6) is -2.31. The van der Waals surface area contributed by atoms with Crippen LogP contribution in [0.1, 0.15) is 252 Å². The van der Waals surface area contributed by atoms with Gasteiger partial charge in [-0.2, -0.15) is 0 Å². The number of hydrogen-bond acceptors (Lipinski definition) is 6. The first-order valence-electron chi connectivity index (χ1n) is 29.0. The van der Waals surface area contributed by atoms with Gasteiger partial charge >= 0.3 is 0 Å². The lowest BCUT2D eigenvalue weighted by molar-refractivity contribution is -0.181. The summed E-state index contributed by atoms with van der Waals surface area (Å²) >= 11 is 46.9. The Morgan fingerprint density at radius 1 is 0.307 bits per heavy atom. The monoisotopic (exact) mass is 1830 g/mol. The van der Waals surface area contributed by atoms with E-state index < -0.39 is 35.2 Å². The SMILES string of the molecule is CCCCCCCC(Br)C(Br)C(Br)C(Br)CCCCCCC(=O)C(O)C(O)(C(=O)CCCCCCC(Br)C(Br)C(Br)C(Br)CCCCCCC)C(O)C(=O)CCCCCCC(Br)C(Br)C(Br)C(Br)CCCCCCC. The van der Waals surface area contributed by atoms with Gasteiger partial charge in [0.15, 0.2) is 35.2 Å². The molecule has 14 unspecified atom stereocenters. The maximum Gasteiger partial charge on any atom is 0.189 e. The summed E-state index contributed by atoms with van der Waals surface area (Å²) in [6.45, 7) is 6.70. The van der Waals surface area contributed by atoms with E-state index in [1.165, 1.54) is 96.3 Å². The van der Waals surface area contributed by atoms with Crippen molar-refractivity contribution in [1.29, 1.82) is 0 Å². The predicted molar refractivity (Wildman–Crippen MR) is 368 cm³/mol. The number of hydrogen-bond donors (Lipinski definition) is 3. The van der Waals surface area contributed by atoms with Crippen LogP contribution in [0.15, 0.2) is 0 Å². The molecule has 0 aliphatic carbocycles. The summed E-state index contributed by atoms with van der Waals surface area (Å²) in [6.07, 6.45) is 29.2. The van der Waals surface area contributed by atoms with E-state index in [4.69, 9.17) is 0 Å². The van der Waals surface area contributed by atoms with E-state index in [1.54, 1.807) is 0 Å². The highest BCUT2D eigenvalue weighted by Crippen LogP contribution is 2.37. The first-order valence-corrected chi connectivity index (χ1v) is 40.0. The molecule has 0 aromatic heterocycles. The summed E-state index contributed by atoms with van der Waals surface area (Å²) in [7, 11) is 0. The lowest BCUT2D eigenvalue weighted by Crippen LogP contribution is -2.63. The molecule has 6 nitrogen and oxygen atoms in total. The minimum atomic E-state index is -2.91.